The molecule has 0 radical (unpaired) electrons. The number of benzene rings is 1. The highest BCUT2D eigenvalue weighted by atomic mass is 32.1. The zero-order valence-electron chi connectivity index (χ0n) is 9.75. The number of nitrogens with one attached hydrogen (secondary N) is 1. The Morgan fingerprint density at radius 3 is 2.83 bits per heavy atom. The third-order valence-corrected chi connectivity index (χ3v) is 2.57. The molecule has 3 N–H and O–H groups in total. The van der Waals surface area contributed by atoms with Gasteiger partial charge in [0, 0.05) is 0 Å². The molecule has 18 heavy (non-hydrogen) atoms. The van der Waals surface area contributed by atoms with Gasteiger partial charge in [0.2, 0.25) is 0 Å². The maximum absolute atomic E-state index is 5.63. The molecule has 1 heterocycles. The summed E-state index contributed by atoms with van der Waals surface area (Å²) < 4.78 is 5.24. The number of thiocarbonyl (C=S) groups is 1. The lowest BCUT2D eigenvalue weighted by Gasteiger charge is -2.11. The predicted octanol–water partition coefficient (Wildman–Crippen LogP) is 1.86. The summed E-state index contributed by atoms with van der Waals surface area (Å²) in [5.41, 5.74) is 7.05. The van der Waals surface area contributed by atoms with Gasteiger partial charge in [-0.05, 0) is 18.2 Å². The highest BCUT2D eigenvalue weighted by Crippen LogP contribution is 2.27. The van der Waals surface area contributed by atoms with Crippen molar-refractivity contribution in [1.82, 2.24) is 10.2 Å². The molecule has 0 atom stereocenters. The second kappa shape index (κ2) is 5.42. The van der Waals surface area contributed by atoms with E-state index in [1.165, 1.54) is 0 Å². The first-order valence-corrected chi connectivity index (χ1v) is 5.64. The van der Waals surface area contributed by atoms with E-state index in [9.17, 15) is 0 Å². The van der Waals surface area contributed by atoms with Crippen LogP contribution < -0.4 is 15.8 Å². The van der Waals surface area contributed by atoms with Crippen LogP contribution >= 0.6 is 12.2 Å². The summed E-state index contributed by atoms with van der Waals surface area (Å²) in [5.74, 6) is 1.21. The summed E-state index contributed by atoms with van der Waals surface area (Å²) >= 11 is 4.97. The first-order chi connectivity index (χ1) is 8.72. The number of nitrogens with zero attached hydrogens (tertiary/aromatic N) is 2. The molecule has 0 amide bonds. The van der Waals surface area contributed by atoms with Gasteiger partial charge in [0.05, 0.1) is 24.6 Å². The zero-order chi connectivity index (χ0) is 13.0. The average Bonchev–Trinajstić information content (AvgIpc) is 2.40. The molecular formula is C12H12N4OS. The molecule has 5 nitrogen and oxygen atoms in total. The fourth-order valence-corrected chi connectivity index (χ4v) is 1.66. The van der Waals surface area contributed by atoms with Crippen LogP contribution in [0.2, 0.25) is 0 Å². The Bertz CT molecular complexity index is 574. The second-order valence-electron chi connectivity index (χ2n) is 3.48. The van der Waals surface area contributed by atoms with Crippen molar-refractivity contribution in [3.8, 4) is 5.75 Å². The van der Waals surface area contributed by atoms with Crippen LogP contribution in [0.15, 0.2) is 36.5 Å². The summed E-state index contributed by atoms with van der Waals surface area (Å²) in [6.45, 7) is 0. The van der Waals surface area contributed by atoms with Crippen molar-refractivity contribution in [3.63, 3.8) is 0 Å². The largest absolute Gasteiger partial charge is 0.495 e. The Morgan fingerprint density at radius 2 is 2.11 bits per heavy atom. The molecule has 1 aromatic heterocycles. The number of methoxy groups -OCH3 is 1. The average molecular weight is 260 g/mol. The Labute approximate surface area is 110 Å². The number of hydrogen-bond acceptors (Lipinski definition) is 5. The molecule has 0 spiro atoms. The van der Waals surface area contributed by atoms with Gasteiger partial charge in [0.1, 0.15) is 10.7 Å². The van der Waals surface area contributed by atoms with Crippen LogP contribution in [0.4, 0.5) is 11.5 Å². The summed E-state index contributed by atoms with van der Waals surface area (Å²) in [5, 5.41) is 10.9. The minimum Gasteiger partial charge on any atom is -0.495 e. The fourth-order valence-electron chi connectivity index (χ4n) is 1.50. The summed E-state index contributed by atoms with van der Waals surface area (Å²) in [7, 11) is 1.60. The maximum atomic E-state index is 5.63. The standard InChI is InChI=1S/C12H12N4OS/c1-17-10-5-3-2-4-9(10)15-12-8(11(13)18)6-7-14-16-12/h2-7H,1H3,(H2,13,18)(H,15,16). The van der Waals surface area contributed by atoms with Crippen LogP contribution in [0.1, 0.15) is 5.56 Å². The molecule has 2 rings (SSSR count). The molecular weight excluding hydrogens is 248 g/mol. The van der Waals surface area contributed by atoms with Gasteiger partial charge in [-0.2, -0.15) is 5.10 Å². The van der Waals surface area contributed by atoms with E-state index in [1.54, 1.807) is 19.4 Å². The molecule has 0 fully saturated rings. The van der Waals surface area contributed by atoms with Crippen molar-refractivity contribution in [2.45, 2.75) is 0 Å². The van der Waals surface area contributed by atoms with E-state index in [1.807, 2.05) is 24.3 Å². The van der Waals surface area contributed by atoms with Crippen LogP contribution in [0.5, 0.6) is 5.75 Å². The van der Waals surface area contributed by atoms with Crippen molar-refractivity contribution in [2.24, 2.45) is 5.73 Å². The van der Waals surface area contributed by atoms with Gasteiger partial charge in [0.15, 0.2) is 5.82 Å². The smallest absolute Gasteiger partial charge is 0.163 e. The van der Waals surface area contributed by atoms with E-state index in [4.69, 9.17) is 22.7 Å². The highest BCUT2D eigenvalue weighted by molar-refractivity contribution is 7.80. The predicted molar refractivity (Wildman–Crippen MR) is 74.2 cm³/mol. The fraction of sp³-hybridized carbons (Fsp3) is 0.0833. The summed E-state index contributed by atoms with van der Waals surface area (Å²) in [4.78, 5) is 0.266. The van der Waals surface area contributed by atoms with Gasteiger partial charge in [-0.15, -0.1) is 5.10 Å². The van der Waals surface area contributed by atoms with Crippen LogP contribution in [0.3, 0.4) is 0 Å². The first kappa shape index (κ1) is 12.3. The lowest BCUT2D eigenvalue weighted by Crippen LogP contribution is -2.13. The highest BCUT2D eigenvalue weighted by Gasteiger charge is 2.09. The number of para-hydroxylation sites is 2. The van der Waals surface area contributed by atoms with E-state index in [-0.39, 0.29) is 4.99 Å². The minimum atomic E-state index is 0.266. The minimum absolute atomic E-state index is 0.266. The van der Waals surface area contributed by atoms with E-state index in [0.29, 0.717) is 17.1 Å². The van der Waals surface area contributed by atoms with Crippen LogP contribution in [-0.4, -0.2) is 22.3 Å². The van der Waals surface area contributed by atoms with E-state index in [0.717, 1.165) is 5.69 Å². The number of anilines is 2. The van der Waals surface area contributed by atoms with Gasteiger partial charge in [-0.25, -0.2) is 0 Å². The first-order valence-electron chi connectivity index (χ1n) is 5.24. The van der Waals surface area contributed by atoms with Gasteiger partial charge >= 0.3 is 0 Å². The summed E-state index contributed by atoms with van der Waals surface area (Å²) in [6, 6.07) is 9.21. The molecule has 0 aliphatic rings. The van der Waals surface area contributed by atoms with Crippen LogP contribution in [-0.2, 0) is 0 Å². The number of rotatable bonds is 4. The van der Waals surface area contributed by atoms with E-state index < -0.39 is 0 Å². The molecule has 6 heteroatoms. The molecule has 0 aliphatic heterocycles. The van der Waals surface area contributed by atoms with Crippen molar-refractivity contribution < 1.29 is 4.74 Å². The lowest BCUT2D eigenvalue weighted by molar-refractivity contribution is 0.417. The van der Waals surface area contributed by atoms with Gasteiger partial charge in [0.25, 0.3) is 0 Å². The van der Waals surface area contributed by atoms with Crippen LogP contribution in [0, 0.1) is 0 Å². The molecule has 0 aliphatic carbocycles. The zero-order valence-corrected chi connectivity index (χ0v) is 10.6. The molecule has 92 valence electrons. The maximum Gasteiger partial charge on any atom is 0.163 e. The quantitative estimate of drug-likeness (QED) is 0.817. The lowest BCUT2D eigenvalue weighted by atomic mass is 10.2. The Hall–Kier alpha value is -2.21. The third kappa shape index (κ3) is 2.54. The number of hydrogen-bond donors (Lipinski definition) is 2. The Kier molecular flexibility index (Phi) is 3.69. The second-order valence-corrected chi connectivity index (χ2v) is 3.92. The molecule has 2 aromatic rings. The van der Waals surface area contributed by atoms with Crippen molar-refractivity contribution in [3.05, 3.63) is 42.1 Å². The summed E-state index contributed by atoms with van der Waals surface area (Å²) in [6.07, 6.45) is 1.54. The van der Waals surface area contributed by atoms with Crippen molar-refractivity contribution in [1.29, 1.82) is 0 Å². The number of nitrogens with two attached hydrogens (primary N) is 1. The molecule has 0 bridgehead atoms. The van der Waals surface area contributed by atoms with Crippen molar-refractivity contribution in [2.75, 3.05) is 12.4 Å². The Balaban J connectivity index is 2.37. The number of aromatic nitrogens is 2. The van der Waals surface area contributed by atoms with E-state index in [2.05, 4.69) is 15.5 Å². The molecule has 0 saturated carbocycles. The molecule has 1 aromatic carbocycles. The topological polar surface area (TPSA) is 73.1 Å². The monoisotopic (exact) mass is 260 g/mol. The van der Waals surface area contributed by atoms with Gasteiger partial charge in [-0.1, -0.05) is 24.4 Å². The number of ether oxygens (including phenoxy) is 1. The Morgan fingerprint density at radius 1 is 1.33 bits per heavy atom. The van der Waals surface area contributed by atoms with Crippen molar-refractivity contribution >= 4 is 28.7 Å². The SMILES string of the molecule is COc1ccccc1Nc1nnccc1C(N)=S. The normalized spacial score (nSPS) is 9.83. The third-order valence-electron chi connectivity index (χ3n) is 2.35. The molecule has 0 unspecified atom stereocenters. The van der Waals surface area contributed by atoms with Gasteiger partial charge in [-0.3, -0.25) is 0 Å². The van der Waals surface area contributed by atoms with E-state index >= 15 is 0 Å². The molecule has 0 saturated heterocycles. The van der Waals surface area contributed by atoms with Gasteiger partial charge < -0.3 is 15.8 Å². The van der Waals surface area contributed by atoms with Crippen LogP contribution in [0.25, 0.3) is 0 Å².